The Hall–Kier alpha value is -1.26. The van der Waals surface area contributed by atoms with Crippen molar-refractivity contribution in [2.24, 2.45) is 0 Å². The number of aliphatic carboxylic acids is 1. The van der Waals surface area contributed by atoms with Crippen LogP contribution in [0.15, 0.2) is 18.2 Å². The van der Waals surface area contributed by atoms with E-state index in [9.17, 15) is 9.59 Å². The Labute approximate surface area is 102 Å². The number of carbonyl (C=O) groups excluding carboxylic acids is 1. The molecule has 0 saturated heterocycles. The van der Waals surface area contributed by atoms with Gasteiger partial charge in [0.05, 0.1) is 0 Å². The Morgan fingerprint density at radius 3 is 2.56 bits per heavy atom. The molecule has 1 rings (SSSR count). The number of hydrogen-bond acceptors (Lipinski definition) is 2. The molecule has 86 valence electrons. The SMILES string of the molecule is O=C(O)CC(=O)NCc1ccc(Cl)cc1Cl. The van der Waals surface area contributed by atoms with Crippen LogP contribution in [0.5, 0.6) is 0 Å². The number of nitrogens with one attached hydrogen (secondary N) is 1. The van der Waals surface area contributed by atoms with Crippen molar-refractivity contribution in [1.82, 2.24) is 5.32 Å². The third-order valence-electron chi connectivity index (χ3n) is 1.80. The Morgan fingerprint density at radius 1 is 1.31 bits per heavy atom. The molecule has 2 N–H and O–H groups in total. The van der Waals surface area contributed by atoms with E-state index in [1.165, 1.54) is 0 Å². The first-order valence-corrected chi connectivity index (χ1v) is 5.17. The summed E-state index contributed by atoms with van der Waals surface area (Å²) >= 11 is 11.6. The molecule has 0 radical (unpaired) electrons. The molecular weight excluding hydrogens is 253 g/mol. The highest BCUT2D eigenvalue weighted by atomic mass is 35.5. The van der Waals surface area contributed by atoms with Crippen LogP contribution in [0.2, 0.25) is 10.0 Å². The minimum Gasteiger partial charge on any atom is -0.481 e. The molecule has 1 aromatic carbocycles. The molecule has 0 saturated carbocycles. The van der Waals surface area contributed by atoms with Crippen LogP contribution in [0.1, 0.15) is 12.0 Å². The smallest absolute Gasteiger partial charge is 0.312 e. The van der Waals surface area contributed by atoms with E-state index in [0.29, 0.717) is 15.6 Å². The standard InChI is InChI=1S/C10H9Cl2NO3/c11-7-2-1-6(8(12)3-7)5-13-9(14)4-10(15)16/h1-3H,4-5H2,(H,13,14)(H,15,16). The number of carboxylic acids is 1. The zero-order valence-electron chi connectivity index (χ0n) is 8.17. The molecule has 0 aliphatic heterocycles. The van der Waals surface area contributed by atoms with Gasteiger partial charge in [-0.15, -0.1) is 0 Å². The highest BCUT2D eigenvalue weighted by Crippen LogP contribution is 2.20. The van der Waals surface area contributed by atoms with Gasteiger partial charge in [-0.05, 0) is 17.7 Å². The number of hydrogen-bond donors (Lipinski definition) is 2. The molecule has 0 aromatic heterocycles. The quantitative estimate of drug-likeness (QED) is 0.816. The molecule has 6 heteroatoms. The van der Waals surface area contributed by atoms with Crippen molar-refractivity contribution in [3.8, 4) is 0 Å². The highest BCUT2D eigenvalue weighted by Gasteiger charge is 2.08. The first-order valence-electron chi connectivity index (χ1n) is 4.41. The highest BCUT2D eigenvalue weighted by molar-refractivity contribution is 6.35. The maximum Gasteiger partial charge on any atom is 0.312 e. The monoisotopic (exact) mass is 261 g/mol. The van der Waals surface area contributed by atoms with Crippen LogP contribution in [-0.2, 0) is 16.1 Å². The van der Waals surface area contributed by atoms with Gasteiger partial charge in [-0.2, -0.15) is 0 Å². The van der Waals surface area contributed by atoms with E-state index in [4.69, 9.17) is 28.3 Å². The summed E-state index contributed by atoms with van der Waals surface area (Å²) in [6.45, 7) is 0.183. The van der Waals surface area contributed by atoms with Crippen molar-refractivity contribution >= 4 is 35.1 Å². The number of carbonyl (C=O) groups is 2. The average molecular weight is 262 g/mol. The summed E-state index contributed by atoms with van der Waals surface area (Å²) in [4.78, 5) is 21.3. The molecule has 1 aromatic rings. The summed E-state index contributed by atoms with van der Waals surface area (Å²) in [6.07, 6.45) is -0.550. The summed E-state index contributed by atoms with van der Waals surface area (Å²) in [5, 5.41) is 11.7. The van der Waals surface area contributed by atoms with Gasteiger partial charge in [-0.1, -0.05) is 29.3 Å². The molecule has 0 bridgehead atoms. The maximum absolute atomic E-state index is 11.0. The predicted molar refractivity (Wildman–Crippen MR) is 60.6 cm³/mol. The first kappa shape index (κ1) is 12.8. The van der Waals surface area contributed by atoms with Crippen molar-refractivity contribution in [1.29, 1.82) is 0 Å². The fraction of sp³-hybridized carbons (Fsp3) is 0.200. The molecule has 0 heterocycles. The van der Waals surface area contributed by atoms with Crippen LogP contribution in [0, 0.1) is 0 Å². The third-order valence-corrected chi connectivity index (χ3v) is 2.39. The predicted octanol–water partition coefficient (Wildman–Crippen LogP) is 2.08. The normalized spacial score (nSPS) is 9.88. The summed E-state index contributed by atoms with van der Waals surface area (Å²) in [5.41, 5.74) is 0.685. The number of rotatable bonds is 4. The van der Waals surface area contributed by atoms with E-state index < -0.39 is 18.3 Å². The van der Waals surface area contributed by atoms with Crippen molar-refractivity contribution in [2.45, 2.75) is 13.0 Å². The lowest BCUT2D eigenvalue weighted by molar-refractivity contribution is -0.140. The van der Waals surface area contributed by atoms with Gasteiger partial charge in [-0.25, -0.2) is 0 Å². The van der Waals surface area contributed by atoms with Gasteiger partial charge in [0.2, 0.25) is 5.91 Å². The molecule has 0 atom stereocenters. The Morgan fingerprint density at radius 2 is 2.00 bits per heavy atom. The van der Waals surface area contributed by atoms with Crippen LogP contribution in [0.25, 0.3) is 0 Å². The summed E-state index contributed by atoms with van der Waals surface area (Å²) in [7, 11) is 0. The molecular formula is C10H9Cl2NO3. The van der Waals surface area contributed by atoms with E-state index in [-0.39, 0.29) is 6.54 Å². The summed E-state index contributed by atoms with van der Waals surface area (Å²) < 4.78 is 0. The van der Waals surface area contributed by atoms with Gasteiger partial charge in [0.1, 0.15) is 6.42 Å². The zero-order valence-corrected chi connectivity index (χ0v) is 9.68. The van der Waals surface area contributed by atoms with E-state index >= 15 is 0 Å². The number of carboxylic acid groups (broad SMARTS) is 1. The summed E-state index contributed by atoms with van der Waals surface area (Å²) in [5.74, 6) is -1.72. The molecule has 4 nitrogen and oxygen atoms in total. The van der Waals surface area contributed by atoms with Crippen LogP contribution in [0.3, 0.4) is 0 Å². The molecule has 0 aliphatic carbocycles. The van der Waals surface area contributed by atoms with Crippen LogP contribution in [0.4, 0.5) is 0 Å². The lowest BCUT2D eigenvalue weighted by atomic mass is 10.2. The molecule has 0 aliphatic rings. The lowest BCUT2D eigenvalue weighted by Crippen LogP contribution is -2.25. The van der Waals surface area contributed by atoms with Gasteiger partial charge in [0.15, 0.2) is 0 Å². The Bertz CT molecular complexity index is 421. The second kappa shape index (κ2) is 5.72. The van der Waals surface area contributed by atoms with Gasteiger partial charge >= 0.3 is 5.97 Å². The van der Waals surface area contributed by atoms with E-state index in [0.717, 1.165) is 0 Å². The number of amides is 1. The maximum atomic E-state index is 11.0. The topological polar surface area (TPSA) is 66.4 Å². The minimum atomic E-state index is -1.17. The average Bonchev–Trinajstić information content (AvgIpc) is 2.15. The van der Waals surface area contributed by atoms with Crippen molar-refractivity contribution < 1.29 is 14.7 Å². The van der Waals surface area contributed by atoms with Gasteiger partial charge in [0.25, 0.3) is 0 Å². The second-order valence-corrected chi connectivity index (χ2v) is 3.93. The Kier molecular flexibility index (Phi) is 4.58. The van der Waals surface area contributed by atoms with Crippen LogP contribution in [-0.4, -0.2) is 17.0 Å². The van der Waals surface area contributed by atoms with Gasteiger partial charge in [0, 0.05) is 16.6 Å². The van der Waals surface area contributed by atoms with E-state index in [1.807, 2.05) is 0 Å². The van der Waals surface area contributed by atoms with Gasteiger partial charge in [-0.3, -0.25) is 9.59 Å². The third kappa shape index (κ3) is 4.08. The Balaban J connectivity index is 2.54. The second-order valence-electron chi connectivity index (χ2n) is 3.08. The first-order chi connectivity index (χ1) is 7.49. The summed E-state index contributed by atoms with van der Waals surface area (Å²) in [6, 6.07) is 4.87. The van der Waals surface area contributed by atoms with Crippen molar-refractivity contribution in [3.63, 3.8) is 0 Å². The number of benzene rings is 1. The minimum absolute atomic E-state index is 0.183. The molecule has 0 spiro atoms. The van der Waals surface area contributed by atoms with E-state index in [2.05, 4.69) is 5.32 Å². The molecule has 16 heavy (non-hydrogen) atoms. The van der Waals surface area contributed by atoms with E-state index in [1.54, 1.807) is 18.2 Å². The van der Waals surface area contributed by atoms with Gasteiger partial charge < -0.3 is 10.4 Å². The number of halogens is 2. The lowest BCUT2D eigenvalue weighted by Gasteiger charge is -2.06. The zero-order chi connectivity index (χ0) is 12.1. The van der Waals surface area contributed by atoms with Crippen LogP contribution >= 0.6 is 23.2 Å². The fourth-order valence-corrected chi connectivity index (χ4v) is 1.53. The van der Waals surface area contributed by atoms with Crippen molar-refractivity contribution in [2.75, 3.05) is 0 Å². The molecule has 1 amide bonds. The van der Waals surface area contributed by atoms with Crippen molar-refractivity contribution in [3.05, 3.63) is 33.8 Å². The molecule has 0 fully saturated rings. The largest absolute Gasteiger partial charge is 0.481 e. The fourth-order valence-electron chi connectivity index (χ4n) is 1.06. The van der Waals surface area contributed by atoms with Crippen LogP contribution < -0.4 is 5.32 Å². The molecule has 0 unspecified atom stereocenters.